The number of aromatic nitrogens is 2. The summed E-state index contributed by atoms with van der Waals surface area (Å²) >= 11 is 0. The van der Waals surface area contributed by atoms with Crippen molar-refractivity contribution in [3.05, 3.63) is 47.3 Å². The van der Waals surface area contributed by atoms with Gasteiger partial charge in [0.05, 0.1) is 25.9 Å². The fourth-order valence-electron chi connectivity index (χ4n) is 4.38. The molecular weight excluding hydrogens is 326 g/mol. The molecule has 0 unspecified atom stereocenters. The maximum atomic E-state index is 12.5. The van der Waals surface area contributed by atoms with E-state index >= 15 is 0 Å². The number of ether oxygens (including phenoxy) is 1. The van der Waals surface area contributed by atoms with Crippen LogP contribution in [0.4, 0.5) is 0 Å². The first-order valence-electron chi connectivity index (χ1n) is 9.73. The number of para-hydroxylation sites is 1. The van der Waals surface area contributed by atoms with Crippen molar-refractivity contribution in [2.45, 2.75) is 57.5 Å². The summed E-state index contributed by atoms with van der Waals surface area (Å²) in [5.74, 6) is 1.33. The Morgan fingerprint density at radius 2 is 2.04 bits per heavy atom. The first-order chi connectivity index (χ1) is 12.8. The van der Waals surface area contributed by atoms with E-state index < -0.39 is 0 Å². The van der Waals surface area contributed by atoms with Crippen LogP contribution in [-0.4, -0.2) is 22.8 Å². The van der Waals surface area contributed by atoms with Gasteiger partial charge in [0.15, 0.2) is 0 Å². The number of hydrogen-bond donors (Lipinski definition) is 1. The zero-order valence-electron chi connectivity index (χ0n) is 15.4. The summed E-state index contributed by atoms with van der Waals surface area (Å²) < 4.78 is 7.54. The van der Waals surface area contributed by atoms with Gasteiger partial charge in [0.2, 0.25) is 5.91 Å². The summed E-state index contributed by atoms with van der Waals surface area (Å²) in [5, 5.41) is 7.93. The molecule has 2 aromatic rings. The fraction of sp³-hybridized carbons (Fsp3) is 0.524. The van der Waals surface area contributed by atoms with Gasteiger partial charge >= 0.3 is 0 Å². The van der Waals surface area contributed by atoms with E-state index in [0.717, 1.165) is 43.4 Å². The standard InChI is InChI=1S/C21H27N3O2/c1-26-20-12-5-4-9-16(20)14-24-19-11-6-10-18(17(19)13-22-24)23-21(25)15-7-2-3-8-15/h4-5,9,12-13,15,18H,2-3,6-8,10-11,14H2,1H3,(H,23,25)/t18-/m0/s1. The minimum Gasteiger partial charge on any atom is -0.496 e. The lowest BCUT2D eigenvalue weighted by atomic mass is 9.92. The Labute approximate surface area is 154 Å². The van der Waals surface area contributed by atoms with E-state index in [2.05, 4.69) is 21.2 Å². The van der Waals surface area contributed by atoms with Gasteiger partial charge < -0.3 is 10.1 Å². The number of carbonyl (C=O) groups is 1. The molecule has 1 fully saturated rings. The second-order valence-corrected chi connectivity index (χ2v) is 7.45. The minimum atomic E-state index is 0.110. The third-order valence-electron chi connectivity index (χ3n) is 5.82. The lowest BCUT2D eigenvalue weighted by molar-refractivity contribution is -0.125. The molecule has 0 saturated heterocycles. The lowest BCUT2D eigenvalue weighted by Crippen LogP contribution is -2.34. The quantitative estimate of drug-likeness (QED) is 0.893. The van der Waals surface area contributed by atoms with Crippen LogP contribution < -0.4 is 10.1 Å². The molecule has 1 atom stereocenters. The highest BCUT2D eigenvalue weighted by molar-refractivity contribution is 5.79. The molecular formula is C21H27N3O2. The maximum absolute atomic E-state index is 12.5. The molecule has 1 amide bonds. The van der Waals surface area contributed by atoms with Gasteiger partial charge in [-0.25, -0.2) is 0 Å². The predicted molar refractivity (Wildman–Crippen MR) is 100 cm³/mol. The second-order valence-electron chi connectivity index (χ2n) is 7.45. The summed E-state index contributed by atoms with van der Waals surface area (Å²) in [7, 11) is 1.70. The van der Waals surface area contributed by atoms with Crippen LogP contribution >= 0.6 is 0 Å². The Hall–Kier alpha value is -2.30. The summed E-state index contributed by atoms with van der Waals surface area (Å²) in [6.07, 6.45) is 9.50. The average molecular weight is 353 g/mol. The Balaban J connectivity index is 1.52. The Kier molecular flexibility index (Phi) is 4.96. The van der Waals surface area contributed by atoms with Crippen LogP contribution in [0.3, 0.4) is 0 Å². The summed E-state index contributed by atoms with van der Waals surface area (Å²) in [6, 6.07) is 8.18. The number of methoxy groups -OCH3 is 1. The van der Waals surface area contributed by atoms with Crippen LogP contribution in [0.15, 0.2) is 30.5 Å². The maximum Gasteiger partial charge on any atom is 0.223 e. The van der Waals surface area contributed by atoms with Gasteiger partial charge in [-0.1, -0.05) is 31.0 Å². The van der Waals surface area contributed by atoms with Gasteiger partial charge in [-0.3, -0.25) is 9.48 Å². The van der Waals surface area contributed by atoms with E-state index in [0.29, 0.717) is 6.54 Å². The molecule has 2 aliphatic rings. The number of benzene rings is 1. The van der Waals surface area contributed by atoms with E-state index in [1.807, 2.05) is 24.4 Å². The summed E-state index contributed by atoms with van der Waals surface area (Å²) in [4.78, 5) is 12.5. The van der Waals surface area contributed by atoms with Gasteiger partial charge in [0.25, 0.3) is 0 Å². The highest BCUT2D eigenvalue weighted by atomic mass is 16.5. The van der Waals surface area contributed by atoms with Crippen molar-refractivity contribution < 1.29 is 9.53 Å². The average Bonchev–Trinajstić information content (AvgIpc) is 3.33. The lowest BCUT2D eigenvalue weighted by Gasteiger charge is -2.25. The molecule has 4 rings (SSSR count). The van der Waals surface area contributed by atoms with E-state index in [1.165, 1.54) is 24.1 Å². The van der Waals surface area contributed by atoms with Gasteiger partial charge in [-0.05, 0) is 38.2 Å². The first-order valence-corrected chi connectivity index (χ1v) is 9.73. The number of hydrogen-bond acceptors (Lipinski definition) is 3. The third-order valence-corrected chi connectivity index (χ3v) is 5.82. The molecule has 138 valence electrons. The van der Waals surface area contributed by atoms with Crippen LogP contribution in [0.25, 0.3) is 0 Å². The zero-order chi connectivity index (χ0) is 17.9. The van der Waals surface area contributed by atoms with Gasteiger partial charge in [-0.15, -0.1) is 0 Å². The third kappa shape index (κ3) is 3.35. The fourth-order valence-corrected chi connectivity index (χ4v) is 4.38. The molecule has 5 nitrogen and oxygen atoms in total. The van der Waals surface area contributed by atoms with Gasteiger partial charge in [0, 0.05) is 22.7 Å². The van der Waals surface area contributed by atoms with E-state index in [1.54, 1.807) is 7.11 Å². The van der Waals surface area contributed by atoms with Crippen LogP contribution in [0.1, 0.15) is 61.4 Å². The van der Waals surface area contributed by atoms with Crippen LogP contribution in [0.2, 0.25) is 0 Å². The van der Waals surface area contributed by atoms with Crippen molar-refractivity contribution in [2.75, 3.05) is 7.11 Å². The molecule has 0 radical (unpaired) electrons. The number of nitrogens with one attached hydrogen (secondary N) is 1. The predicted octanol–water partition coefficient (Wildman–Crippen LogP) is 3.62. The number of carbonyl (C=O) groups excluding carboxylic acids is 1. The molecule has 1 heterocycles. The zero-order valence-corrected chi connectivity index (χ0v) is 15.4. The highest BCUT2D eigenvalue weighted by Crippen LogP contribution is 2.32. The Bertz CT molecular complexity index is 777. The number of fused-ring (bicyclic) bond motifs is 1. The van der Waals surface area contributed by atoms with Crippen molar-refractivity contribution in [1.82, 2.24) is 15.1 Å². The first kappa shape index (κ1) is 17.1. The van der Waals surface area contributed by atoms with E-state index in [-0.39, 0.29) is 17.9 Å². The second kappa shape index (κ2) is 7.52. The van der Waals surface area contributed by atoms with Crippen molar-refractivity contribution in [3.63, 3.8) is 0 Å². The smallest absolute Gasteiger partial charge is 0.223 e. The molecule has 1 saturated carbocycles. The molecule has 2 aliphatic carbocycles. The number of amides is 1. The Morgan fingerprint density at radius 1 is 1.23 bits per heavy atom. The molecule has 0 spiro atoms. The molecule has 1 aromatic heterocycles. The van der Waals surface area contributed by atoms with E-state index in [4.69, 9.17) is 4.74 Å². The van der Waals surface area contributed by atoms with Crippen molar-refractivity contribution in [2.24, 2.45) is 5.92 Å². The topological polar surface area (TPSA) is 56.1 Å². The van der Waals surface area contributed by atoms with Crippen LogP contribution in [-0.2, 0) is 17.8 Å². The molecule has 0 bridgehead atoms. The van der Waals surface area contributed by atoms with Gasteiger partial charge in [0.1, 0.15) is 5.75 Å². The van der Waals surface area contributed by atoms with Crippen LogP contribution in [0.5, 0.6) is 5.75 Å². The monoisotopic (exact) mass is 353 g/mol. The molecule has 1 N–H and O–H groups in total. The molecule has 26 heavy (non-hydrogen) atoms. The molecule has 0 aliphatic heterocycles. The molecule has 1 aromatic carbocycles. The summed E-state index contributed by atoms with van der Waals surface area (Å²) in [5.41, 5.74) is 3.56. The van der Waals surface area contributed by atoms with Crippen molar-refractivity contribution >= 4 is 5.91 Å². The van der Waals surface area contributed by atoms with Gasteiger partial charge in [-0.2, -0.15) is 5.10 Å². The van der Waals surface area contributed by atoms with Crippen molar-refractivity contribution in [1.29, 1.82) is 0 Å². The minimum absolute atomic E-state index is 0.110. The number of nitrogens with zero attached hydrogens (tertiary/aromatic N) is 2. The van der Waals surface area contributed by atoms with Crippen molar-refractivity contribution in [3.8, 4) is 5.75 Å². The number of rotatable bonds is 5. The summed E-state index contributed by atoms with van der Waals surface area (Å²) in [6.45, 7) is 0.697. The van der Waals surface area contributed by atoms with E-state index in [9.17, 15) is 4.79 Å². The highest BCUT2D eigenvalue weighted by Gasteiger charge is 2.29. The molecule has 5 heteroatoms. The normalized spacial score (nSPS) is 20.0. The van der Waals surface area contributed by atoms with Crippen LogP contribution in [0, 0.1) is 5.92 Å². The Morgan fingerprint density at radius 3 is 2.85 bits per heavy atom. The largest absolute Gasteiger partial charge is 0.496 e. The SMILES string of the molecule is COc1ccccc1Cn1ncc2c1CCC[C@@H]2NC(=O)C1CCCC1.